The zero-order chi connectivity index (χ0) is 90.8. The largest absolute Gasteiger partial charge is 0.581 e. The number of aromatic nitrogens is 14. The molecule has 0 saturated carbocycles. The molecule has 26 heteroatoms. The van der Waals surface area contributed by atoms with Gasteiger partial charge in [-0.05, 0) is 141 Å². The Morgan fingerprint density at radius 3 is 0.664 bits per heavy atom. The maximum atomic E-state index is 4.64. The van der Waals surface area contributed by atoms with Gasteiger partial charge in [-0.3, -0.25) is 0 Å². The normalized spacial score (nSPS) is 14.8. The first-order valence-electron chi connectivity index (χ1n) is 44.8. The smallest absolute Gasteiger partial charge is 0.143 e. The molecule has 8 aliphatic rings. The van der Waals surface area contributed by atoms with Crippen LogP contribution in [0.5, 0.6) is 0 Å². The quantitative estimate of drug-likeness (QED) is 0.104. The maximum Gasteiger partial charge on any atom is 0.143 e. The molecule has 140 heavy (non-hydrogen) atoms. The van der Waals surface area contributed by atoms with Gasteiger partial charge in [-0.2, -0.15) is 135 Å². The van der Waals surface area contributed by atoms with Crippen molar-refractivity contribution in [2.45, 2.75) is 21.7 Å². The summed E-state index contributed by atoms with van der Waals surface area (Å²) in [6.07, 6.45) is 17.6. The van der Waals surface area contributed by atoms with E-state index in [9.17, 15) is 0 Å². The van der Waals surface area contributed by atoms with E-state index in [1.807, 2.05) is 110 Å². The van der Waals surface area contributed by atoms with Gasteiger partial charge in [0.1, 0.15) is 34.9 Å². The zero-order valence-corrected chi connectivity index (χ0v) is 84.3. The van der Waals surface area contributed by atoms with Crippen LogP contribution in [-0.2, 0) is 106 Å². The first-order valence-corrected chi connectivity index (χ1v) is 44.8. The van der Waals surface area contributed by atoms with Crippen molar-refractivity contribution in [3.63, 3.8) is 0 Å². The summed E-state index contributed by atoms with van der Waals surface area (Å²) in [5.41, 5.74) is 30.3. The van der Waals surface area contributed by atoms with E-state index < -0.39 is 21.7 Å². The number of hydrogen-bond donors (Lipinski definition) is 0. The molecule has 4 aliphatic heterocycles. The van der Waals surface area contributed by atoms with E-state index in [2.05, 4.69) is 407 Å². The molecule has 0 amide bonds. The molecule has 12 heterocycles. The van der Waals surface area contributed by atoms with E-state index in [1.165, 1.54) is 89.0 Å². The van der Waals surface area contributed by atoms with E-state index in [0.29, 0.717) is 0 Å². The molecule has 0 atom stereocenters. The van der Waals surface area contributed by atoms with Crippen molar-refractivity contribution in [3.8, 4) is 44.5 Å². The SMILES string of the molecule is CN1[CH-]N(c2[c-]c(C3(c4cc[n-]n4)c4ccccc4-c4ccccc43)ccc2)c2ncccc21.CN1[CH-]N(c2[c-]c(C3(c4cc[n-]n4)c4ccccc4-c4ccccc43)ccc2)c2ncccc21.CN1[CH-]N(c2[c-]c(C3(c4cc[n-]n4)c4ccccc4-c4ccccc43)ccc2)c2nccnc21.CN1[CH-]N(c2[c-]c(C3(c4cc[n-]n4)c4ccccc4-c4ccccc43)ccc2)c2nccnc21.[Pt].[Pt].[Pt].[Pt]. The molecule has 20 aromatic rings. The van der Waals surface area contributed by atoms with Gasteiger partial charge in [-0.1, -0.05) is 218 Å². The summed E-state index contributed by atoms with van der Waals surface area (Å²) in [5.74, 6) is 4.99. The molecule has 0 radical (unpaired) electrons. The summed E-state index contributed by atoms with van der Waals surface area (Å²) >= 11 is 0. The summed E-state index contributed by atoms with van der Waals surface area (Å²) < 4.78 is 0. The van der Waals surface area contributed by atoms with Crippen LogP contribution < -0.4 is 59.6 Å². The second-order valence-corrected chi connectivity index (χ2v) is 34.3. The Labute approximate surface area is 867 Å². The average molecular weight is 2540 g/mol. The molecule has 4 aliphatic carbocycles. The Morgan fingerprint density at radius 1 is 0.214 bits per heavy atom. The van der Waals surface area contributed by atoms with Crippen LogP contribution in [0, 0.1) is 50.9 Å². The van der Waals surface area contributed by atoms with Gasteiger partial charge in [0.15, 0.2) is 0 Å². The van der Waals surface area contributed by atoms with Crippen LogP contribution in [0.15, 0.2) is 377 Å². The van der Waals surface area contributed by atoms with Gasteiger partial charge in [0.2, 0.25) is 0 Å². The fourth-order valence-corrected chi connectivity index (χ4v) is 21.8. The van der Waals surface area contributed by atoms with E-state index in [-0.39, 0.29) is 84.3 Å². The van der Waals surface area contributed by atoms with Gasteiger partial charge in [0.05, 0.1) is 21.7 Å². The fraction of sp³-hybridized carbons (Fsp3) is 0.0702. The fourth-order valence-electron chi connectivity index (χ4n) is 21.8. The van der Waals surface area contributed by atoms with E-state index in [4.69, 9.17) is 0 Å². The van der Waals surface area contributed by atoms with Crippen LogP contribution in [0.1, 0.15) is 89.5 Å². The minimum atomic E-state index is -0.615. The average Bonchev–Trinajstić information content (AvgIpc) is 1.55. The van der Waals surface area contributed by atoms with Gasteiger partial charge in [0, 0.05) is 156 Å². The van der Waals surface area contributed by atoms with E-state index in [1.54, 1.807) is 49.6 Å². The molecule has 22 nitrogen and oxygen atoms in total. The number of pyridine rings is 2. The molecular formula is C114H78N22Pt4-12. The van der Waals surface area contributed by atoms with Crippen molar-refractivity contribution in [1.29, 1.82) is 0 Å². The van der Waals surface area contributed by atoms with Gasteiger partial charge in [-0.25, -0.2) is 29.9 Å². The molecule has 0 fully saturated rings. The number of anilines is 12. The van der Waals surface area contributed by atoms with Crippen LogP contribution in [-0.4, -0.2) is 78.5 Å². The van der Waals surface area contributed by atoms with Crippen molar-refractivity contribution >= 4 is 69.0 Å². The van der Waals surface area contributed by atoms with Crippen molar-refractivity contribution < 1.29 is 84.3 Å². The van der Waals surface area contributed by atoms with Gasteiger partial charge >= 0.3 is 0 Å². The number of nitrogens with zero attached hydrogens (tertiary/aromatic N) is 22. The summed E-state index contributed by atoms with van der Waals surface area (Å²) in [6.45, 7) is 8.09. The third-order valence-electron chi connectivity index (χ3n) is 27.3. The Hall–Kier alpha value is -14.9. The molecule has 28 rings (SSSR count). The van der Waals surface area contributed by atoms with Crippen molar-refractivity contribution in [1.82, 2.24) is 70.7 Å². The van der Waals surface area contributed by atoms with Crippen LogP contribution in [0.2, 0.25) is 0 Å². The van der Waals surface area contributed by atoms with Crippen LogP contribution in [0.25, 0.3) is 44.5 Å². The summed E-state index contributed by atoms with van der Waals surface area (Å²) in [4.78, 5) is 43.8. The number of fused-ring (bicyclic) bond motifs is 16. The topological polar surface area (TPSA) is 211 Å². The standard InChI is InChI=1S/2C29H20N5.2C28H19N6.4Pt/c2*1-33-19-34(28-26(33)14-7-16-30-28)21-9-6-8-20(18-21)29(27-15-17-31-32-27)24-12-4-2-10-22(24)23-11-3-5-13-25(23)29;2*1-33-18-34(27-26(33)29-15-16-30-27)20-8-6-7-19(17-20)28(25-13-14-31-32-25)23-11-4-2-9-21(23)22-10-3-5-12-24(22)28;;;;/h2*2-17,19H,1H3;2*2-16,18H,1H3;;;;/q4*-3;;;;. The van der Waals surface area contributed by atoms with Gasteiger partial charge < -0.3 is 80.0 Å². The third-order valence-corrected chi connectivity index (χ3v) is 27.3. The second-order valence-electron chi connectivity index (χ2n) is 34.3. The molecule has 696 valence electrons. The molecule has 0 N–H and O–H groups in total. The molecule has 0 saturated heterocycles. The molecule has 0 bridgehead atoms. The first kappa shape index (κ1) is 91.5. The number of hydrogen-bond acceptors (Lipinski definition) is 18. The molecular weight excluding hydrogens is 2460 g/mol. The van der Waals surface area contributed by atoms with Gasteiger partial charge in [-0.15, -0.1) is 58.3 Å². The van der Waals surface area contributed by atoms with Crippen LogP contribution in [0.3, 0.4) is 0 Å². The second kappa shape index (κ2) is 37.1. The summed E-state index contributed by atoms with van der Waals surface area (Å²) in [5, 5.41) is 35.3. The monoisotopic (exact) mass is 2530 g/mol. The predicted octanol–water partition coefficient (Wildman–Crippen LogP) is 20.0. The summed E-state index contributed by atoms with van der Waals surface area (Å²) in [7, 11) is 8.02. The third kappa shape index (κ3) is 14.1. The minimum absolute atomic E-state index is 0. The number of rotatable bonds is 12. The molecule has 0 unspecified atom stereocenters. The van der Waals surface area contributed by atoms with Crippen molar-refractivity contribution in [2.75, 3.05) is 67.4 Å². The van der Waals surface area contributed by atoms with Crippen LogP contribution in [0.4, 0.5) is 69.0 Å². The first-order chi connectivity index (χ1) is 67.1. The molecule has 8 aromatic heterocycles. The maximum absolute atomic E-state index is 4.64. The Balaban J connectivity index is 0.000000110. The summed E-state index contributed by atoms with van der Waals surface area (Å²) in [6, 6.07) is 125. The van der Waals surface area contributed by atoms with Crippen molar-refractivity contribution in [3.05, 3.63) is 518 Å². The predicted molar refractivity (Wildman–Crippen MR) is 527 cm³/mol. The Bertz CT molecular complexity index is 6860. The van der Waals surface area contributed by atoms with E-state index in [0.717, 1.165) is 114 Å². The van der Waals surface area contributed by atoms with Gasteiger partial charge in [0.25, 0.3) is 0 Å². The van der Waals surface area contributed by atoms with E-state index >= 15 is 0 Å². The zero-order valence-electron chi connectivity index (χ0n) is 75.2. The molecule has 12 aromatic carbocycles. The number of benzene rings is 12. The minimum Gasteiger partial charge on any atom is -0.581 e. The van der Waals surface area contributed by atoms with Crippen molar-refractivity contribution in [2.24, 2.45) is 0 Å². The Kier molecular flexibility index (Phi) is 24.3. The molecule has 0 spiro atoms. The Morgan fingerprint density at radius 2 is 0.429 bits per heavy atom. The van der Waals surface area contributed by atoms with Crippen LogP contribution >= 0.6 is 0 Å².